The Hall–Kier alpha value is -1.45. The molecule has 25 heavy (non-hydrogen) atoms. The summed E-state index contributed by atoms with van der Waals surface area (Å²) < 4.78 is 12.3. The van der Waals surface area contributed by atoms with Gasteiger partial charge in [0.1, 0.15) is 5.78 Å². The van der Waals surface area contributed by atoms with Gasteiger partial charge in [-0.05, 0) is 6.42 Å². The molecule has 0 bridgehead atoms. The molecule has 1 heterocycles. The summed E-state index contributed by atoms with van der Waals surface area (Å²) in [5.74, 6) is 0.190. The Bertz CT molecular complexity index is 511. The van der Waals surface area contributed by atoms with Gasteiger partial charge >= 0.3 is 0 Å². The third kappa shape index (κ3) is 7.13. The van der Waals surface area contributed by atoms with Crippen LogP contribution >= 0.6 is 0 Å². The van der Waals surface area contributed by atoms with Crippen molar-refractivity contribution in [1.82, 2.24) is 0 Å². The van der Waals surface area contributed by atoms with Gasteiger partial charge in [0.2, 0.25) is 0 Å². The van der Waals surface area contributed by atoms with Crippen molar-refractivity contribution in [3.63, 3.8) is 0 Å². The maximum absolute atomic E-state index is 12.0. The lowest BCUT2D eigenvalue weighted by atomic mass is 9.98. The van der Waals surface area contributed by atoms with Crippen LogP contribution in [0.15, 0.2) is 43.0 Å². The summed E-state index contributed by atoms with van der Waals surface area (Å²) >= 11 is 0. The predicted molar refractivity (Wildman–Crippen MR) is 101 cm³/mol. The van der Waals surface area contributed by atoms with Crippen molar-refractivity contribution in [3.8, 4) is 0 Å². The molecule has 2 rings (SSSR count). The molecule has 0 amide bonds. The minimum absolute atomic E-state index is 0.0629. The number of hydrogen-bond acceptors (Lipinski definition) is 3. The van der Waals surface area contributed by atoms with E-state index in [0.717, 1.165) is 18.4 Å². The lowest BCUT2D eigenvalue weighted by Gasteiger charge is -2.36. The topological polar surface area (TPSA) is 35.5 Å². The molecule has 1 aliphatic rings. The monoisotopic (exact) mass is 344 g/mol. The molecule has 1 fully saturated rings. The molecular weight excluding hydrogens is 312 g/mol. The van der Waals surface area contributed by atoms with Crippen LogP contribution in [-0.4, -0.2) is 18.0 Å². The van der Waals surface area contributed by atoms with Crippen molar-refractivity contribution >= 4 is 5.78 Å². The molecule has 0 aliphatic carbocycles. The Morgan fingerprint density at radius 3 is 2.56 bits per heavy atom. The first-order valence-corrected chi connectivity index (χ1v) is 9.71. The van der Waals surface area contributed by atoms with E-state index in [1.165, 1.54) is 32.1 Å². The second-order valence-corrected chi connectivity index (χ2v) is 6.93. The van der Waals surface area contributed by atoms with Gasteiger partial charge in [-0.25, -0.2) is 0 Å². The van der Waals surface area contributed by atoms with Gasteiger partial charge in [0.05, 0.1) is 12.2 Å². The highest BCUT2D eigenvalue weighted by Gasteiger charge is 2.31. The number of benzene rings is 1. The van der Waals surface area contributed by atoms with Gasteiger partial charge in [-0.15, -0.1) is 6.58 Å². The molecule has 1 aromatic carbocycles. The molecule has 0 N–H and O–H groups in total. The largest absolute Gasteiger partial charge is 0.345 e. The van der Waals surface area contributed by atoms with E-state index < -0.39 is 0 Å². The fourth-order valence-electron chi connectivity index (χ4n) is 3.34. The maximum Gasteiger partial charge on any atom is 0.184 e. The number of carbonyl (C=O) groups is 1. The van der Waals surface area contributed by atoms with Crippen LogP contribution in [0.2, 0.25) is 0 Å². The highest BCUT2D eigenvalue weighted by atomic mass is 16.7. The average molecular weight is 344 g/mol. The lowest BCUT2D eigenvalue weighted by Crippen LogP contribution is -2.35. The quantitative estimate of drug-likeness (QED) is 0.378. The number of allylic oxidation sites excluding steroid dienone is 1. The fraction of sp³-hybridized carbons (Fsp3) is 0.591. The Kier molecular flexibility index (Phi) is 8.92. The standard InChI is InChI=1S/C22H32O3/c1-3-5-6-7-11-15-20-17-21(16-19(23)12-4-2)25-22(24-20)18-13-9-8-10-14-18/h4,8-10,13-14,20-22H,2-3,5-7,11-12,15-17H2,1H3/t20-,21+,22-/m1/s1. The predicted octanol–water partition coefficient (Wildman–Crippen LogP) is 5.76. The second kappa shape index (κ2) is 11.2. The van der Waals surface area contributed by atoms with E-state index in [-0.39, 0.29) is 24.3 Å². The van der Waals surface area contributed by atoms with Gasteiger partial charge in [-0.2, -0.15) is 0 Å². The van der Waals surface area contributed by atoms with Crippen molar-refractivity contribution < 1.29 is 14.3 Å². The Morgan fingerprint density at radius 2 is 1.84 bits per heavy atom. The zero-order valence-corrected chi connectivity index (χ0v) is 15.5. The Morgan fingerprint density at radius 1 is 1.12 bits per heavy atom. The summed E-state index contributed by atoms with van der Waals surface area (Å²) in [5, 5.41) is 0. The van der Waals surface area contributed by atoms with Gasteiger partial charge in [-0.1, -0.05) is 75.4 Å². The van der Waals surface area contributed by atoms with E-state index in [2.05, 4.69) is 13.5 Å². The molecule has 3 heteroatoms. The molecule has 0 unspecified atom stereocenters. The normalized spacial score (nSPS) is 23.3. The van der Waals surface area contributed by atoms with Gasteiger partial charge < -0.3 is 9.47 Å². The van der Waals surface area contributed by atoms with Gasteiger partial charge in [0, 0.05) is 24.8 Å². The maximum atomic E-state index is 12.0. The number of Topliss-reactive ketones (excluding diaryl/α,β-unsaturated/α-hetero) is 1. The SMILES string of the molecule is C=CCC(=O)C[C@H]1C[C@@H](CCCCCCC)O[C@@H](c2ccccc2)O1. The molecule has 1 aliphatic heterocycles. The van der Waals surface area contributed by atoms with Crippen molar-refractivity contribution in [3.05, 3.63) is 48.6 Å². The van der Waals surface area contributed by atoms with E-state index in [1.807, 2.05) is 30.3 Å². The first-order valence-electron chi connectivity index (χ1n) is 9.71. The van der Waals surface area contributed by atoms with Gasteiger partial charge in [-0.3, -0.25) is 4.79 Å². The minimum Gasteiger partial charge on any atom is -0.345 e. The van der Waals surface area contributed by atoms with Crippen LogP contribution in [-0.2, 0) is 14.3 Å². The van der Waals surface area contributed by atoms with Crippen LogP contribution in [0.5, 0.6) is 0 Å². The molecule has 0 saturated carbocycles. The second-order valence-electron chi connectivity index (χ2n) is 6.93. The third-order valence-corrected chi connectivity index (χ3v) is 4.69. The zero-order chi connectivity index (χ0) is 17.9. The van der Waals surface area contributed by atoms with Crippen molar-refractivity contribution in [1.29, 1.82) is 0 Å². The summed E-state index contributed by atoms with van der Waals surface area (Å²) in [6, 6.07) is 10.0. The van der Waals surface area contributed by atoms with Crippen LogP contribution in [0.3, 0.4) is 0 Å². The molecule has 3 atom stereocenters. The van der Waals surface area contributed by atoms with E-state index in [9.17, 15) is 4.79 Å². The number of hydrogen-bond donors (Lipinski definition) is 0. The molecule has 0 aromatic heterocycles. The zero-order valence-electron chi connectivity index (χ0n) is 15.5. The summed E-state index contributed by atoms with van der Waals surface area (Å²) in [4.78, 5) is 12.0. The number of ketones is 1. The van der Waals surface area contributed by atoms with Crippen LogP contribution in [0.1, 0.15) is 76.6 Å². The highest BCUT2D eigenvalue weighted by Crippen LogP contribution is 2.33. The molecule has 3 nitrogen and oxygen atoms in total. The summed E-state index contributed by atoms with van der Waals surface area (Å²) in [6.07, 6.45) is 10.4. The summed E-state index contributed by atoms with van der Waals surface area (Å²) in [5.41, 5.74) is 1.03. The van der Waals surface area contributed by atoms with Crippen LogP contribution in [0, 0.1) is 0 Å². The number of carbonyl (C=O) groups excluding carboxylic acids is 1. The molecule has 0 radical (unpaired) electrons. The van der Waals surface area contributed by atoms with E-state index in [0.29, 0.717) is 12.8 Å². The highest BCUT2D eigenvalue weighted by molar-refractivity contribution is 5.80. The van der Waals surface area contributed by atoms with Gasteiger partial charge in [0.15, 0.2) is 6.29 Å². The Labute approximate surface area is 152 Å². The van der Waals surface area contributed by atoms with E-state index in [1.54, 1.807) is 6.08 Å². The summed E-state index contributed by atoms with van der Waals surface area (Å²) in [7, 11) is 0. The molecular formula is C22H32O3. The average Bonchev–Trinajstić information content (AvgIpc) is 2.62. The smallest absolute Gasteiger partial charge is 0.184 e. The van der Waals surface area contributed by atoms with Crippen molar-refractivity contribution in [2.75, 3.05) is 0 Å². The van der Waals surface area contributed by atoms with Crippen LogP contribution in [0.25, 0.3) is 0 Å². The summed E-state index contributed by atoms with van der Waals surface area (Å²) in [6.45, 7) is 5.88. The minimum atomic E-state index is -0.364. The lowest BCUT2D eigenvalue weighted by molar-refractivity contribution is -0.249. The molecule has 0 spiro atoms. The first-order chi connectivity index (χ1) is 12.2. The number of unbranched alkanes of at least 4 members (excludes halogenated alkanes) is 4. The molecule has 138 valence electrons. The van der Waals surface area contributed by atoms with Crippen LogP contribution < -0.4 is 0 Å². The van der Waals surface area contributed by atoms with Crippen molar-refractivity contribution in [2.24, 2.45) is 0 Å². The number of ether oxygens (including phenoxy) is 2. The third-order valence-electron chi connectivity index (χ3n) is 4.69. The fourth-order valence-corrected chi connectivity index (χ4v) is 3.34. The number of rotatable bonds is 11. The first kappa shape index (κ1) is 19.9. The van der Waals surface area contributed by atoms with Gasteiger partial charge in [0.25, 0.3) is 0 Å². The van der Waals surface area contributed by atoms with E-state index in [4.69, 9.17) is 9.47 Å². The molecule has 1 saturated heterocycles. The van der Waals surface area contributed by atoms with Crippen molar-refractivity contribution in [2.45, 2.75) is 83.2 Å². The molecule has 1 aromatic rings. The Balaban J connectivity index is 1.93. The van der Waals surface area contributed by atoms with E-state index >= 15 is 0 Å². The van der Waals surface area contributed by atoms with Crippen LogP contribution in [0.4, 0.5) is 0 Å².